The smallest absolute Gasteiger partial charge is 0.243 e. The SMILES string of the molecule is CC(N)=O.Cc1ccc2cc1CNC(=O)C(Cc1ccccc1)NC(=O)CCC(=O)N1CCCC(CCO2)C1. The summed E-state index contributed by atoms with van der Waals surface area (Å²) in [5.41, 5.74) is 7.48. The van der Waals surface area contributed by atoms with E-state index in [0.717, 1.165) is 48.2 Å². The molecule has 0 aromatic heterocycles. The van der Waals surface area contributed by atoms with Gasteiger partial charge in [0.25, 0.3) is 0 Å². The van der Waals surface area contributed by atoms with Gasteiger partial charge in [0.1, 0.15) is 11.8 Å². The molecular formula is C30H40N4O5. The number of nitrogens with zero attached hydrogens (tertiary/aromatic N) is 1. The van der Waals surface area contributed by atoms with Gasteiger partial charge in [0, 0.05) is 45.8 Å². The Morgan fingerprint density at radius 1 is 1.08 bits per heavy atom. The van der Waals surface area contributed by atoms with Crippen molar-refractivity contribution < 1.29 is 23.9 Å². The van der Waals surface area contributed by atoms with E-state index in [1.165, 1.54) is 6.92 Å². The van der Waals surface area contributed by atoms with Crippen LogP contribution in [-0.2, 0) is 32.1 Å². The monoisotopic (exact) mass is 536 g/mol. The van der Waals surface area contributed by atoms with Crippen LogP contribution in [0.3, 0.4) is 0 Å². The molecule has 4 amide bonds. The van der Waals surface area contributed by atoms with E-state index in [9.17, 15) is 19.2 Å². The van der Waals surface area contributed by atoms with Gasteiger partial charge in [-0.15, -0.1) is 0 Å². The van der Waals surface area contributed by atoms with E-state index in [2.05, 4.69) is 16.4 Å². The van der Waals surface area contributed by atoms with Gasteiger partial charge >= 0.3 is 0 Å². The lowest BCUT2D eigenvalue weighted by Gasteiger charge is -2.33. The molecule has 2 heterocycles. The molecule has 210 valence electrons. The standard InChI is InChI=1S/C28H35N3O4.C2H5NO/c1-20-9-10-24-17-23(20)18-29-28(34)25(16-21-6-3-2-4-7-21)30-26(32)11-12-27(33)31-14-5-8-22(19-31)13-15-35-24;1-2(3)4/h2-4,6-7,9-10,17,22,25H,5,8,11-16,18-19H2,1H3,(H,29,34)(H,30,32);1H3,(H2,3,4). The highest BCUT2D eigenvalue weighted by atomic mass is 16.5. The molecule has 2 unspecified atom stereocenters. The topological polar surface area (TPSA) is 131 Å². The Morgan fingerprint density at radius 2 is 1.82 bits per heavy atom. The zero-order valence-electron chi connectivity index (χ0n) is 22.9. The van der Waals surface area contributed by atoms with Gasteiger partial charge < -0.3 is 26.0 Å². The Balaban J connectivity index is 0.000000983. The molecule has 4 rings (SSSR count). The summed E-state index contributed by atoms with van der Waals surface area (Å²) in [4.78, 5) is 49.8. The first-order valence-corrected chi connectivity index (χ1v) is 13.6. The Bertz CT molecular complexity index is 1130. The minimum absolute atomic E-state index is 0.000813. The van der Waals surface area contributed by atoms with Gasteiger partial charge in [-0.2, -0.15) is 0 Å². The van der Waals surface area contributed by atoms with Crippen LogP contribution in [0.5, 0.6) is 5.75 Å². The molecule has 4 N–H and O–H groups in total. The van der Waals surface area contributed by atoms with Gasteiger partial charge in [0.15, 0.2) is 0 Å². The maximum atomic E-state index is 13.1. The summed E-state index contributed by atoms with van der Waals surface area (Å²) < 4.78 is 6.03. The largest absolute Gasteiger partial charge is 0.494 e. The van der Waals surface area contributed by atoms with Crippen molar-refractivity contribution in [1.82, 2.24) is 15.5 Å². The number of aryl methyl sites for hydroxylation is 1. The second-order valence-corrected chi connectivity index (χ2v) is 10.2. The Morgan fingerprint density at radius 3 is 2.56 bits per heavy atom. The van der Waals surface area contributed by atoms with Crippen molar-refractivity contribution >= 4 is 23.6 Å². The first-order chi connectivity index (χ1) is 18.7. The molecule has 2 aromatic carbocycles. The van der Waals surface area contributed by atoms with Crippen LogP contribution < -0.4 is 21.1 Å². The van der Waals surface area contributed by atoms with Crippen LogP contribution in [-0.4, -0.2) is 54.3 Å². The maximum absolute atomic E-state index is 13.1. The zero-order valence-corrected chi connectivity index (χ0v) is 22.9. The van der Waals surface area contributed by atoms with Gasteiger partial charge in [-0.1, -0.05) is 36.4 Å². The summed E-state index contributed by atoms with van der Waals surface area (Å²) in [6.45, 7) is 5.69. The number of ether oxygens (including phenoxy) is 1. The van der Waals surface area contributed by atoms with Crippen LogP contribution in [0.2, 0.25) is 0 Å². The second kappa shape index (κ2) is 14.9. The minimum Gasteiger partial charge on any atom is -0.494 e. The fourth-order valence-corrected chi connectivity index (χ4v) is 4.81. The van der Waals surface area contributed by atoms with Crippen molar-refractivity contribution in [2.75, 3.05) is 19.7 Å². The van der Waals surface area contributed by atoms with Gasteiger partial charge in [0.05, 0.1) is 6.61 Å². The number of carbonyl (C=O) groups is 4. The van der Waals surface area contributed by atoms with Crippen molar-refractivity contribution in [3.8, 4) is 5.75 Å². The van der Waals surface area contributed by atoms with E-state index < -0.39 is 6.04 Å². The average Bonchev–Trinajstić information content (AvgIpc) is 2.91. The third-order valence-electron chi connectivity index (χ3n) is 6.94. The van der Waals surface area contributed by atoms with E-state index in [1.807, 2.05) is 60.4 Å². The molecular weight excluding hydrogens is 496 g/mol. The molecule has 2 aliphatic rings. The second-order valence-electron chi connectivity index (χ2n) is 10.2. The number of hydrogen-bond donors (Lipinski definition) is 3. The quantitative estimate of drug-likeness (QED) is 0.543. The number of benzene rings is 2. The molecule has 4 bridgehead atoms. The number of nitrogens with one attached hydrogen (secondary N) is 2. The van der Waals surface area contributed by atoms with Crippen molar-refractivity contribution in [2.24, 2.45) is 11.7 Å². The molecule has 0 radical (unpaired) electrons. The summed E-state index contributed by atoms with van der Waals surface area (Å²) in [6, 6.07) is 14.8. The molecule has 2 aliphatic heterocycles. The third-order valence-corrected chi connectivity index (χ3v) is 6.94. The van der Waals surface area contributed by atoms with Crippen LogP contribution in [0, 0.1) is 12.8 Å². The third kappa shape index (κ3) is 10.1. The number of piperidine rings is 1. The highest BCUT2D eigenvalue weighted by Gasteiger charge is 2.26. The van der Waals surface area contributed by atoms with Crippen molar-refractivity contribution in [3.05, 3.63) is 65.2 Å². The maximum Gasteiger partial charge on any atom is 0.243 e. The predicted octanol–water partition coefficient (Wildman–Crippen LogP) is 2.63. The molecule has 2 atom stereocenters. The molecule has 0 spiro atoms. The van der Waals surface area contributed by atoms with Crippen molar-refractivity contribution in [1.29, 1.82) is 0 Å². The molecule has 0 aliphatic carbocycles. The van der Waals surface area contributed by atoms with Gasteiger partial charge in [-0.25, -0.2) is 0 Å². The minimum atomic E-state index is -0.724. The molecule has 2 aromatic rings. The van der Waals surface area contributed by atoms with Gasteiger partial charge in [-0.3, -0.25) is 19.2 Å². The lowest BCUT2D eigenvalue weighted by Crippen LogP contribution is -2.48. The predicted molar refractivity (Wildman–Crippen MR) is 149 cm³/mol. The van der Waals surface area contributed by atoms with Crippen molar-refractivity contribution in [2.45, 2.75) is 65.0 Å². The summed E-state index contributed by atoms with van der Waals surface area (Å²) >= 11 is 0. The first-order valence-electron chi connectivity index (χ1n) is 13.6. The summed E-state index contributed by atoms with van der Waals surface area (Å²) in [5.74, 6) is 0.313. The molecule has 39 heavy (non-hydrogen) atoms. The van der Waals surface area contributed by atoms with Crippen LogP contribution in [0.15, 0.2) is 48.5 Å². The van der Waals surface area contributed by atoms with Gasteiger partial charge in [0.2, 0.25) is 23.6 Å². The Kier molecular flexibility index (Phi) is 11.3. The fraction of sp³-hybridized carbons (Fsp3) is 0.467. The van der Waals surface area contributed by atoms with Crippen LogP contribution in [0.25, 0.3) is 0 Å². The van der Waals surface area contributed by atoms with E-state index in [0.29, 0.717) is 32.0 Å². The molecule has 0 saturated carbocycles. The zero-order chi connectivity index (χ0) is 28.2. The van der Waals surface area contributed by atoms with Crippen molar-refractivity contribution in [3.63, 3.8) is 0 Å². The molecule has 1 saturated heterocycles. The number of amides is 4. The Labute approximate surface area is 230 Å². The van der Waals surface area contributed by atoms with E-state index in [1.54, 1.807) is 0 Å². The van der Waals surface area contributed by atoms with E-state index in [-0.39, 0.29) is 36.5 Å². The first kappa shape index (κ1) is 29.7. The Hall–Kier alpha value is -3.88. The number of fused-ring (bicyclic) bond motifs is 4. The van der Waals surface area contributed by atoms with Crippen LogP contribution in [0.4, 0.5) is 0 Å². The number of rotatable bonds is 2. The molecule has 1 fully saturated rings. The lowest BCUT2D eigenvalue weighted by atomic mass is 9.95. The lowest BCUT2D eigenvalue weighted by molar-refractivity contribution is -0.135. The van der Waals surface area contributed by atoms with Crippen LogP contribution in [0.1, 0.15) is 55.7 Å². The van der Waals surface area contributed by atoms with E-state index >= 15 is 0 Å². The summed E-state index contributed by atoms with van der Waals surface area (Å²) in [7, 11) is 0. The van der Waals surface area contributed by atoms with Crippen LogP contribution >= 0.6 is 0 Å². The number of primary amides is 1. The number of nitrogens with two attached hydrogens (primary N) is 1. The average molecular weight is 537 g/mol. The fourth-order valence-electron chi connectivity index (χ4n) is 4.81. The highest BCUT2D eigenvalue weighted by molar-refractivity contribution is 5.89. The summed E-state index contributed by atoms with van der Waals surface area (Å²) in [5, 5.41) is 5.85. The van der Waals surface area contributed by atoms with E-state index in [4.69, 9.17) is 4.74 Å². The van der Waals surface area contributed by atoms with Gasteiger partial charge in [-0.05, 0) is 60.9 Å². The highest BCUT2D eigenvalue weighted by Crippen LogP contribution is 2.23. The summed E-state index contributed by atoms with van der Waals surface area (Å²) in [6.07, 6.45) is 3.53. The normalized spacial score (nSPS) is 20.7. The molecule has 9 nitrogen and oxygen atoms in total. The number of hydrogen-bond acceptors (Lipinski definition) is 5. The number of carbonyl (C=O) groups excluding carboxylic acids is 4. The molecule has 9 heteroatoms.